The van der Waals surface area contributed by atoms with Crippen LogP contribution in [0, 0.1) is 17.5 Å². The van der Waals surface area contributed by atoms with Gasteiger partial charge in [-0.25, -0.2) is 13.2 Å². The molecule has 0 aliphatic carbocycles. The van der Waals surface area contributed by atoms with Gasteiger partial charge in [-0.05, 0) is 41.8 Å². The molecule has 5 rings (SSSR count). The first-order chi connectivity index (χ1) is 15.5. The highest BCUT2D eigenvalue weighted by atomic mass is 19.1. The molecule has 0 unspecified atom stereocenters. The lowest BCUT2D eigenvalue weighted by atomic mass is 9.99. The highest BCUT2D eigenvalue weighted by molar-refractivity contribution is 6.09. The van der Waals surface area contributed by atoms with Crippen LogP contribution in [0.25, 0.3) is 0 Å². The second-order valence-corrected chi connectivity index (χ2v) is 8.37. The fourth-order valence-corrected chi connectivity index (χ4v) is 4.64. The largest absolute Gasteiger partial charge is 0.315 e. The van der Waals surface area contributed by atoms with Crippen LogP contribution in [-0.2, 0) is 17.9 Å². The van der Waals surface area contributed by atoms with Gasteiger partial charge in [0.1, 0.15) is 17.5 Å². The van der Waals surface area contributed by atoms with Crippen molar-refractivity contribution in [2.45, 2.75) is 25.9 Å². The predicted molar refractivity (Wildman–Crippen MR) is 114 cm³/mol. The van der Waals surface area contributed by atoms with Gasteiger partial charge in [0.15, 0.2) is 0 Å². The standard InChI is InChI=1S/C24H23F3N4O/c25-18-4-2-16(3-5-18)14-31-23(32)21-15-29(13-17-10-19(26)12-20(27)11-17)9-6-22(21)30-8-1-7-28-24(30)31/h2-5,10-12H,1,6-9,13-15H2. The number of guanidine groups is 1. The van der Waals surface area contributed by atoms with E-state index in [0.717, 1.165) is 30.3 Å². The summed E-state index contributed by atoms with van der Waals surface area (Å²) in [4.78, 5) is 24.0. The van der Waals surface area contributed by atoms with Gasteiger partial charge in [0.25, 0.3) is 5.91 Å². The number of benzene rings is 2. The molecule has 32 heavy (non-hydrogen) atoms. The van der Waals surface area contributed by atoms with Crippen molar-refractivity contribution in [2.24, 2.45) is 4.99 Å². The molecule has 8 heteroatoms. The maximum atomic E-state index is 13.6. The first-order valence-electron chi connectivity index (χ1n) is 10.8. The number of nitrogens with zero attached hydrogens (tertiary/aromatic N) is 4. The van der Waals surface area contributed by atoms with Crippen LogP contribution in [0.3, 0.4) is 0 Å². The molecule has 5 nitrogen and oxygen atoms in total. The average Bonchev–Trinajstić information content (AvgIpc) is 2.77. The Morgan fingerprint density at radius 1 is 0.875 bits per heavy atom. The Balaban J connectivity index is 1.41. The fraction of sp³-hybridized carbons (Fsp3) is 0.333. The van der Waals surface area contributed by atoms with Crippen molar-refractivity contribution >= 4 is 11.9 Å². The molecule has 0 bridgehead atoms. The van der Waals surface area contributed by atoms with Gasteiger partial charge in [0.2, 0.25) is 5.96 Å². The third-order valence-electron chi connectivity index (χ3n) is 6.08. The zero-order valence-electron chi connectivity index (χ0n) is 17.5. The molecule has 0 aromatic heterocycles. The van der Waals surface area contributed by atoms with E-state index in [-0.39, 0.29) is 11.7 Å². The number of halogens is 3. The molecular formula is C24H23F3N4O. The molecule has 0 radical (unpaired) electrons. The number of aliphatic imine (C=N–C) groups is 1. The Labute approximate surface area is 184 Å². The minimum Gasteiger partial charge on any atom is -0.315 e. The fourth-order valence-electron chi connectivity index (χ4n) is 4.64. The van der Waals surface area contributed by atoms with Gasteiger partial charge < -0.3 is 4.90 Å². The molecule has 2 aromatic rings. The molecule has 2 aromatic carbocycles. The molecule has 1 amide bonds. The summed E-state index contributed by atoms with van der Waals surface area (Å²) in [5.74, 6) is -0.992. The molecule has 0 fully saturated rings. The number of fused-ring (bicyclic) bond motifs is 2. The van der Waals surface area contributed by atoms with Crippen LogP contribution in [0.1, 0.15) is 24.0 Å². The van der Waals surface area contributed by atoms with Crippen molar-refractivity contribution in [3.05, 3.63) is 82.3 Å². The zero-order chi connectivity index (χ0) is 22.2. The van der Waals surface area contributed by atoms with Crippen LogP contribution in [0.2, 0.25) is 0 Å². The summed E-state index contributed by atoms with van der Waals surface area (Å²) in [6.45, 7) is 3.21. The zero-order valence-corrected chi connectivity index (χ0v) is 17.5. The number of hydrogen-bond acceptors (Lipinski definition) is 4. The monoisotopic (exact) mass is 440 g/mol. The summed E-state index contributed by atoms with van der Waals surface area (Å²) in [7, 11) is 0. The van der Waals surface area contributed by atoms with Crippen LogP contribution < -0.4 is 0 Å². The normalized spacial score (nSPS) is 19.1. The Morgan fingerprint density at radius 2 is 1.62 bits per heavy atom. The summed E-state index contributed by atoms with van der Waals surface area (Å²) in [5.41, 5.74) is 3.04. The van der Waals surface area contributed by atoms with E-state index in [1.807, 2.05) is 4.90 Å². The summed E-state index contributed by atoms with van der Waals surface area (Å²) < 4.78 is 40.6. The van der Waals surface area contributed by atoms with E-state index in [9.17, 15) is 18.0 Å². The van der Waals surface area contributed by atoms with Gasteiger partial charge in [-0.2, -0.15) is 0 Å². The third-order valence-corrected chi connectivity index (χ3v) is 6.08. The van der Waals surface area contributed by atoms with Gasteiger partial charge in [-0.15, -0.1) is 0 Å². The molecule has 3 heterocycles. The molecule has 0 saturated heterocycles. The van der Waals surface area contributed by atoms with E-state index in [2.05, 4.69) is 9.89 Å². The summed E-state index contributed by atoms with van der Waals surface area (Å²) in [5, 5.41) is 0. The molecule has 3 aliphatic heterocycles. The smallest absolute Gasteiger partial charge is 0.259 e. The summed E-state index contributed by atoms with van der Waals surface area (Å²) in [6.07, 6.45) is 1.58. The van der Waals surface area contributed by atoms with E-state index >= 15 is 0 Å². The first-order valence-corrected chi connectivity index (χ1v) is 10.8. The van der Waals surface area contributed by atoms with E-state index in [1.165, 1.54) is 24.3 Å². The molecule has 0 saturated carbocycles. The Morgan fingerprint density at radius 3 is 2.38 bits per heavy atom. The SMILES string of the molecule is O=C1C2=C(CCN(Cc3cc(F)cc(F)c3)C2)N2CCCN=C2N1Cc1ccc(F)cc1. The van der Waals surface area contributed by atoms with Gasteiger partial charge in [-0.3, -0.25) is 19.6 Å². The minimum absolute atomic E-state index is 0.114. The van der Waals surface area contributed by atoms with Crippen LogP contribution in [-0.4, -0.2) is 52.7 Å². The third kappa shape index (κ3) is 4.02. The lowest BCUT2D eigenvalue weighted by molar-refractivity contribution is -0.125. The molecular weight excluding hydrogens is 417 g/mol. The minimum atomic E-state index is -0.606. The average molecular weight is 440 g/mol. The van der Waals surface area contributed by atoms with Gasteiger partial charge >= 0.3 is 0 Å². The Hall–Kier alpha value is -3.13. The van der Waals surface area contributed by atoms with Crippen LogP contribution in [0.4, 0.5) is 13.2 Å². The van der Waals surface area contributed by atoms with Crippen molar-refractivity contribution in [2.75, 3.05) is 26.2 Å². The van der Waals surface area contributed by atoms with Crippen molar-refractivity contribution in [3.63, 3.8) is 0 Å². The second kappa shape index (κ2) is 8.43. The summed E-state index contributed by atoms with van der Waals surface area (Å²) in [6, 6.07) is 9.62. The van der Waals surface area contributed by atoms with Crippen molar-refractivity contribution in [1.29, 1.82) is 0 Å². The Kier molecular flexibility index (Phi) is 5.46. The number of hydrogen-bond donors (Lipinski definition) is 0. The quantitative estimate of drug-likeness (QED) is 0.729. The van der Waals surface area contributed by atoms with Crippen LogP contribution in [0.5, 0.6) is 0 Å². The topological polar surface area (TPSA) is 39.2 Å². The van der Waals surface area contributed by atoms with E-state index in [1.54, 1.807) is 17.0 Å². The lowest BCUT2D eigenvalue weighted by Gasteiger charge is -2.45. The lowest BCUT2D eigenvalue weighted by Crippen LogP contribution is -2.56. The van der Waals surface area contributed by atoms with Crippen molar-refractivity contribution in [3.8, 4) is 0 Å². The van der Waals surface area contributed by atoms with Gasteiger partial charge in [0, 0.05) is 50.9 Å². The highest BCUT2D eigenvalue weighted by Gasteiger charge is 2.40. The molecule has 0 N–H and O–H groups in total. The molecule has 166 valence electrons. The molecule has 0 spiro atoms. The maximum Gasteiger partial charge on any atom is 0.259 e. The van der Waals surface area contributed by atoms with E-state index in [4.69, 9.17) is 0 Å². The van der Waals surface area contributed by atoms with Crippen molar-refractivity contribution < 1.29 is 18.0 Å². The number of amides is 1. The molecule has 0 atom stereocenters. The predicted octanol–water partition coefficient (Wildman–Crippen LogP) is 3.67. The summed E-state index contributed by atoms with van der Waals surface area (Å²) >= 11 is 0. The van der Waals surface area contributed by atoms with Crippen LogP contribution >= 0.6 is 0 Å². The van der Waals surface area contributed by atoms with E-state index in [0.29, 0.717) is 56.2 Å². The number of carbonyl (C=O) groups is 1. The highest BCUT2D eigenvalue weighted by Crippen LogP contribution is 2.32. The van der Waals surface area contributed by atoms with Crippen LogP contribution in [0.15, 0.2) is 58.7 Å². The Bertz CT molecular complexity index is 1090. The second-order valence-electron chi connectivity index (χ2n) is 8.37. The first kappa shape index (κ1) is 20.8. The number of carbonyl (C=O) groups excluding carboxylic acids is 1. The van der Waals surface area contributed by atoms with Crippen molar-refractivity contribution in [1.82, 2.24) is 14.7 Å². The van der Waals surface area contributed by atoms with Gasteiger partial charge in [0.05, 0.1) is 12.1 Å². The van der Waals surface area contributed by atoms with E-state index < -0.39 is 11.6 Å². The number of rotatable bonds is 4. The van der Waals surface area contributed by atoms with Gasteiger partial charge in [-0.1, -0.05) is 12.1 Å². The molecule has 3 aliphatic rings. The maximum absolute atomic E-state index is 13.6.